The molecule has 3 rings (SSSR count). The maximum absolute atomic E-state index is 10.1. The quantitative estimate of drug-likeness (QED) is 0.266. The van der Waals surface area contributed by atoms with Crippen LogP contribution in [0.4, 0.5) is 5.69 Å². The number of aromatic hydroxyl groups is 1. The highest BCUT2D eigenvalue weighted by atomic mass is 16.3. The fourth-order valence-corrected chi connectivity index (χ4v) is 4.00. The highest BCUT2D eigenvalue weighted by Crippen LogP contribution is 2.30. The molecule has 0 saturated carbocycles. The zero-order chi connectivity index (χ0) is 18.9. The van der Waals surface area contributed by atoms with Crippen molar-refractivity contribution in [2.24, 2.45) is 5.92 Å². The third-order valence-corrected chi connectivity index (χ3v) is 5.58. The Kier molecular flexibility index (Phi) is 7.58. The summed E-state index contributed by atoms with van der Waals surface area (Å²) < 4.78 is 0. The molecule has 0 bridgehead atoms. The second-order valence-corrected chi connectivity index (χ2v) is 7.73. The lowest BCUT2D eigenvalue weighted by molar-refractivity contribution is 0.442. The molecule has 3 N–H and O–H groups in total. The molecule has 0 amide bonds. The lowest BCUT2D eigenvalue weighted by atomic mass is 9.93. The molecule has 0 heterocycles. The van der Waals surface area contributed by atoms with E-state index >= 15 is 0 Å². The summed E-state index contributed by atoms with van der Waals surface area (Å²) in [5.74, 6) is 1.08. The minimum absolute atomic E-state index is 0.261. The molecule has 2 aromatic rings. The molecule has 27 heavy (non-hydrogen) atoms. The van der Waals surface area contributed by atoms with Gasteiger partial charge in [0.2, 0.25) is 0 Å². The number of phenolic OH excluding ortho intramolecular Hbond substituents is 1. The topological polar surface area (TPSA) is 44.3 Å². The van der Waals surface area contributed by atoms with Gasteiger partial charge in [-0.15, -0.1) is 0 Å². The lowest BCUT2D eigenvalue weighted by Crippen LogP contribution is -2.37. The summed E-state index contributed by atoms with van der Waals surface area (Å²) in [7, 11) is 0. The molecule has 146 valence electrons. The first-order valence-electron chi connectivity index (χ1n) is 10.6. The van der Waals surface area contributed by atoms with E-state index in [9.17, 15) is 5.11 Å². The van der Waals surface area contributed by atoms with Gasteiger partial charge in [0.1, 0.15) is 5.75 Å². The second-order valence-electron chi connectivity index (χ2n) is 7.73. The molecule has 0 radical (unpaired) electrons. The van der Waals surface area contributed by atoms with Gasteiger partial charge in [-0.2, -0.15) is 0 Å². The van der Waals surface area contributed by atoms with E-state index in [1.54, 1.807) is 6.07 Å². The summed E-state index contributed by atoms with van der Waals surface area (Å²) >= 11 is 0. The van der Waals surface area contributed by atoms with Gasteiger partial charge in [-0.3, -0.25) is 5.32 Å². The molecule has 3 nitrogen and oxygen atoms in total. The van der Waals surface area contributed by atoms with Crippen LogP contribution in [-0.2, 0) is 0 Å². The van der Waals surface area contributed by atoms with Gasteiger partial charge in [-0.1, -0.05) is 62.6 Å². The van der Waals surface area contributed by atoms with E-state index in [4.69, 9.17) is 0 Å². The smallest absolute Gasteiger partial charge is 0.123 e. The van der Waals surface area contributed by atoms with Crippen molar-refractivity contribution in [3.8, 4) is 5.75 Å². The Morgan fingerprint density at radius 1 is 1.11 bits per heavy atom. The number of fused-ring (bicyclic) bond motifs is 1. The Labute approximate surface area is 163 Å². The van der Waals surface area contributed by atoms with Crippen LogP contribution in [0.25, 0.3) is 10.8 Å². The predicted octanol–water partition coefficient (Wildman–Crippen LogP) is 6.20. The number of phenols is 1. The number of hydrogen-bond acceptors (Lipinski definition) is 3. The molecule has 2 atom stereocenters. The van der Waals surface area contributed by atoms with Crippen LogP contribution in [0.1, 0.15) is 58.3 Å². The molecule has 2 unspecified atom stereocenters. The second kappa shape index (κ2) is 10.4. The molecule has 2 aromatic carbocycles. The Hall–Kier alpha value is -2.00. The van der Waals surface area contributed by atoms with Gasteiger partial charge in [0.25, 0.3) is 0 Å². The Morgan fingerprint density at radius 2 is 1.96 bits per heavy atom. The fraction of sp³-hybridized carbons (Fsp3) is 0.500. The van der Waals surface area contributed by atoms with Crippen molar-refractivity contribution >= 4 is 16.5 Å². The van der Waals surface area contributed by atoms with Gasteiger partial charge in [-0.25, -0.2) is 0 Å². The fourth-order valence-electron chi connectivity index (χ4n) is 4.00. The molecule has 3 heteroatoms. The van der Waals surface area contributed by atoms with Crippen LogP contribution in [0.15, 0.2) is 48.6 Å². The Morgan fingerprint density at radius 3 is 2.78 bits per heavy atom. The Bertz CT molecular complexity index is 740. The molecule has 0 aliphatic heterocycles. The normalized spacial score (nSPS) is 17.9. The van der Waals surface area contributed by atoms with Gasteiger partial charge in [0.15, 0.2) is 0 Å². The Balaban J connectivity index is 1.64. The molecule has 1 aliphatic rings. The van der Waals surface area contributed by atoms with Crippen molar-refractivity contribution in [1.82, 2.24) is 5.32 Å². The van der Waals surface area contributed by atoms with Crippen molar-refractivity contribution in [3.05, 3.63) is 48.6 Å². The van der Waals surface area contributed by atoms with Gasteiger partial charge in [-0.05, 0) is 56.7 Å². The number of rotatable bonds is 10. The number of benzene rings is 2. The minimum atomic E-state index is 0.261. The third kappa shape index (κ3) is 5.74. The molecule has 1 aliphatic carbocycles. The monoisotopic (exact) mass is 366 g/mol. The lowest BCUT2D eigenvalue weighted by Gasteiger charge is -2.24. The van der Waals surface area contributed by atoms with Gasteiger partial charge < -0.3 is 10.4 Å². The minimum Gasteiger partial charge on any atom is -0.507 e. The van der Waals surface area contributed by atoms with Gasteiger partial charge in [0, 0.05) is 16.5 Å². The highest BCUT2D eigenvalue weighted by Gasteiger charge is 2.13. The maximum Gasteiger partial charge on any atom is 0.123 e. The number of allylic oxidation sites excluding steroid dienone is 2. The summed E-state index contributed by atoms with van der Waals surface area (Å²) in [5.41, 5.74) is 1.09. The van der Waals surface area contributed by atoms with E-state index in [1.165, 1.54) is 44.9 Å². The van der Waals surface area contributed by atoms with E-state index in [1.807, 2.05) is 18.2 Å². The molecular weight excluding hydrogens is 332 g/mol. The standard InChI is InChI=1S/C24H34N2O/c1-2-3-5-16-24(25-18-17-19-10-6-4-7-11-19)26-22-14-8-13-21-20(22)12-9-15-23(21)27/h6,8-10,12-15,19,24-27H,2-5,7,11,16-18H2,1H3. The third-order valence-electron chi connectivity index (χ3n) is 5.58. The van der Waals surface area contributed by atoms with Crippen LogP contribution >= 0.6 is 0 Å². The predicted molar refractivity (Wildman–Crippen MR) is 116 cm³/mol. The van der Waals surface area contributed by atoms with E-state index in [2.05, 4.69) is 41.8 Å². The van der Waals surface area contributed by atoms with E-state index in [0.717, 1.165) is 35.3 Å². The van der Waals surface area contributed by atoms with Crippen molar-refractivity contribution in [2.75, 3.05) is 11.9 Å². The van der Waals surface area contributed by atoms with Crippen molar-refractivity contribution in [3.63, 3.8) is 0 Å². The first-order valence-corrected chi connectivity index (χ1v) is 10.6. The molecular formula is C24H34N2O. The maximum atomic E-state index is 10.1. The first kappa shape index (κ1) is 19.8. The van der Waals surface area contributed by atoms with Crippen LogP contribution in [0, 0.1) is 5.92 Å². The average Bonchev–Trinajstić information content (AvgIpc) is 2.69. The van der Waals surface area contributed by atoms with Crippen LogP contribution in [0.2, 0.25) is 0 Å². The number of anilines is 1. The van der Waals surface area contributed by atoms with Gasteiger partial charge in [0.05, 0.1) is 6.17 Å². The number of hydrogen-bond donors (Lipinski definition) is 3. The highest BCUT2D eigenvalue weighted by molar-refractivity contribution is 5.97. The van der Waals surface area contributed by atoms with Crippen LogP contribution < -0.4 is 10.6 Å². The van der Waals surface area contributed by atoms with E-state index < -0.39 is 0 Å². The summed E-state index contributed by atoms with van der Waals surface area (Å²) in [5, 5.41) is 19.6. The molecule has 0 spiro atoms. The molecule has 0 aromatic heterocycles. The van der Waals surface area contributed by atoms with Crippen LogP contribution in [0.5, 0.6) is 5.75 Å². The van der Waals surface area contributed by atoms with Gasteiger partial charge >= 0.3 is 0 Å². The zero-order valence-electron chi connectivity index (χ0n) is 16.6. The SMILES string of the molecule is CCCCCC(NCCC1C=CCCC1)Nc1cccc2c(O)cccc12. The van der Waals surface area contributed by atoms with Crippen LogP contribution in [0.3, 0.4) is 0 Å². The van der Waals surface area contributed by atoms with E-state index in [0.29, 0.717) is 5.75 Å². The molecule has 0 fully saturated rings. The number of unbranched alkanes of at least 4 members (excludes halogenated alkanes) is 2. The van der Waals surface area contributed by atoms with Crippen molar-refractivity contribution in [1.29, 1.82) is 0 Å². The summed E-state index contributed by atoms with van der Waals surface area (Å²) in [6.45, 7) is 3.29. The van der Waals surface area contributed by atoms with Crippen molar-refractivity contribution in [2.45, 2.75) is 64.5 Å². The summed E-state index contributed by atoms with van der Waals surface area (Å²) in [6.07, 6.45) is 15.0. The molecule has 0 saturated heterocycles. The summed E-state index contributed by atoms with van der Waals surface area (Å²) in [6, 6.07) is 11.8. The average molecular weight is 367 g/mol. The first-order chi connectivity index (χ1) is 13.3. The van der Waals surface area contributed by atoms with Crippen molar-refractivity contribution < 1.29 is 5.11 Å². The van der Waals surface area contributed by atoms with Crippen LogP contribution in [-0.4, -0.2) is 17.8 Å². The summed E-state index contributed by atoms with van der Waals surface area (Å²) in [4.78, 5) is 0. The number of nitrogens with one attached hydrogen (secondary N) is 2. The zero-order valence-corrected chi connectivity index (χ0v) is 16.6. The van der Waals surface area contributed by atoms with E-state index in [-0.39, 0.29) is 6.17 Å². The largest absolute Gasteiger partial charge is 0.507 e.